The van der Waals surface area contributed by atoms with E-state index >= 15 is 0 Å². The molecule has 0 radical (unpaired) electrons. The summed E-state index contributed by atoms with van der Waals surface area (Å²) in [6.07, 6.45) is 5.20. The van der Waals surface area contributed by atoms with E-state index < -0.39 is 0 Å². The van der Waals surface area contributed by atoms with Crippen LogP contribution >= 0.6 is 11.8 Å². The second-order valence-corrected chi connectivity index (χ2v) is 9.21. The predicted octanol–water partition coefficient (Wildman–Crippen LogP) is 1.39. The van der Waals surface area contributed by atoms with Gasteiger partial charge in [-0.2, -0.15) is 0 Å². The summed E-state index contributed by atoms with van der Waals surface area (Å²) in [5.74, 6) is 1.76. The number of rotatable bonds is 10. The van der Waals surface area contributed by atoms with Gasteiger partial charge in [0.15, 0.2) is 16.6 Å². The molecule has 10 heteroatoms. The maximum absolute atomic E-state index is 5.44. The van der Waals surface area contributed by atoms with Gasteiger partial charge >= 0.3 is 0 Å². The van der Waals surface area contributed by atoms with E-state index in [4.69, 9.17) is 14.7 Å². The summed E-state index contributed by atoms with van der Waals surface area (Å²) in [4.78, 5) is 25.0. The lowest BCUT2D eigenvalue weighted by atomic mass is 10.2. The molecule has 2 aliphatic heterocycles. The van der Waals surface area contributed by atoms with Crippen LogP contribution in [0.2, 0.25) is 0 Å². The SMILES string of the molecule is CSc1nc2nc(CCCCN3CCN(C)CC3)nc(NCCN3CCOCC3)c2[nH]1. The fourth-order valence-corrected chi connectivity index (χ4v) is 4.49. The number of nitrogens with zero attached hydrogens (tertiary/aromatic N) is 6. The number of imidazole rings is 1. The van der Waals surface area contributed by atoms with E-state index in [1.807, 2.05) is 6.26 Å². The highest BCUT2D eigenvalue weighted by Crippen LogP contribution is 2.22. The summed E-state index contributed by atoms with van der Waals surface area (Å²) in [7, 11) is 2.20. The molecule has 4 rings (SSSR count). The normalized spacial score (nSPS) is 19.3. The quantitative estimate of drug-likeness (QED) is 0.414. The van der Waals surface area contributed by atoms with E-state index in [0.29, 0.717) is 0 Å². The molecular formula is C21H36N8OS. The molecule has 2 N–H and O–H groups in total. The standard InChI is InChI=1S/C21H36N8OS/c1-27-9-11-28(12-10-27)7-4-3-5-17-23-19(18-20(24-17)26-21(25-18)31-2)22-6-8-29-13-15-30-16-14-29/h3-16H2,1-2H3,(H2,22,23,24,25,26). The van der Waals surface area contributed by atoms with Gasteiger partial charge in [-0.1, -0.05) is 11.8 Å². The molecular weight excluding hydrogens is 412 g/mol. The van der Waals surface area contributed by atoms with Gasteiger partial charge in [0.05, 0.1) is 13.2 Å². The number of morpholine rings is 1. The van der Waals surface area contributed by atoms with Crippen LogP contribution in [0.15, 0.2) is 5.16 Å². The van der Waals surface area contributed by atoms with Crippen LogP contribution in [-0.4, -0.2) is 120 Å². The van der Waals surface area contributed by atoms with Crippen molar-refractivity contribution in [2.75, 3.05) is 90.7 Å². The second kappa shape index (κ2) is 11.4. The highest BCUT2D eigenvalue weighted by Gasteiger charge is 2.15. The molecule has 2 fully saturated rings. The van der Waals surface area contributed by atoms with Gasteiger partial charge in [-0.15, -0.1) is 0 Å². The number of hydrogen-bond donors (Lipinski definition) is 2. The summed E-state index contributed by atoms with van der Waals surface area (Å²) in [5, 5.41) is 4.41. The van der Waals surface area contributed by atoms with Crippen LogP contribution in [0, 0.1) is 0 Å². The molecule has 2 saturated heterocycles. The molecule has 172 valence electrons. The van der Waals surface area contributed by atoms with Crippen molar-refractivity contribution in [1.82, 2.24) is 34.6 Å². The van der Waals surface area contributed by atoms with Gasteiger partial charge < -0.3 is 24.8 Å². The van der Waals surface area contributed by atoms with E-state index in [1.165, 1.54) is 39.1 Å². The third-order valence-electron chi connectivity index (χ3n) is 6.11. The fourth-order valence-electron chi connectivity index (χ4n) is 4.10. The van der Waals surface area contributed by atoms with Gasteiger partial charge in [-0.05, 0) is 32.7 Å². The zero-order valence-electron chi connectivity index (χ0n) is 18.9. The van der Waals surface area contributed by atoms with Crippen LogP contribution in [0.3, 0.4) is 0 Å². The summed E-state index contributed by atoms with van der Waals surface area (Å²) < 4.78 is 5.44. The molecule has 0 bridgehead atoms. The minimum absolute atomic E-state index is 0.766. The van der Waals surface area contributed by atoms with Crippen molar-refractivity contribution in [2.24, 2.45) is 0 Å². The Morgan fingerprint density at radius 3 is 2.52 bits per heavy atom. The molecule has 0 spiro atoms. The van der Waals surface area contributed by atoms with Crippen LogP contribution < -0.4 is 5.32 Å². The molecule has 0 aliphatic carbocycles. The number of nitrogens with one attached hydrogen (secondary N) is 2. The van der Waals surface area contributed by atoms with Gasteiger partial charge in [0.1, 0.15) is 11.3 Å². The van der Waals surface area contributed by atoms with Crippen LogP contribution in [0.25, 0.3) is 11.2 Å². The lowest BCUT2D eigenvalue weighted by Gasteiger charge is -2.32. The number of piperazine rings is 1. The molecule has 0 aromatic carbocycles. The maximum Gasteiger partial charge on any atom is 0.184 e. The number of aromatic amines is 1. The van der Waals surface area contributed by atoms with Crippen LogP contribution in [0.4, 0.5) is 5.82 Å². The Bertz CT molecular complexity index is 817. The van der Waals surface area contributed by atoms with Gasteiger partial charge in [-0.3, -0.25) is 4.90 Å². The molecule has 2 aromatic heterocycles. The van der Waals surface area contributed by atoms with Gasteiger partial charge in [-0.25, -0.2) is 15.0 Å². The highest BCUT2D eigenvalue weighted by molar-refractivity contribution is 7.98. The van der Waals surface area contributed by atoms with Crippen molar-refractivity contribution in [3.8, 4) is 0 Å². The number of hydrogen-bond acceptors (Lipinski definition) is 9. The number of fused-ring (bicyclic) bond motifs is 1. The Balaban J connectivity index is 1.32. The fraction of sp³-hybridized carbons (Fsp3) is 0.762. The number of unbranched alkanes of at least 4 members (excludes halogenated alkanes) is 1. The van der Waals surface area contributed by atoms with Crippen molar-refractivity contribution in [3.05, 3.63) is 5.82 Å². The van der Waals surface area contributed by atoms with E-state index in [1.54, 1.807) is 11.8 Å². The molecule has 0 atom stereocenters. The molecule has 31 heavy (non-hydrogen) atoms. The highest BCUT2D eigenvalue weighted by atomic mass is 32.2. The van der Waals surface area contributed by atoms with E-state index in [-0.39, 0.29) is 0 Å². The smallest absolute Gasteiger partial charge is 0.184 e. The third kappa shape index (κ3) is 6.52. The number of anilines is 1. The zero-order chi connectivity index (χ0) is 21.5. The first-order chi connectivity index (χ1) is 15.2. The topological polar surface area (TPSA) is 85.4 Å². The molecule has 2 aliphatic rings. The molecule has 0 unspecified atom stereocenters. The number of aromatic nitrogens is 4. The Labute approximate surface area is 189 Å². The lowest BCUT2D eigenvalue weighted by Crippen LogP contribution is -2.44. The van der Waals surface area contributed by atoms with Gasteiger partial charge in [0.25, 0.3) is 0 Å². The molecule has 4 heterocycles. The van der Waals surface area contributed by atoms with Crippen molar-refractivity contribution in [2.45, 2.75) is 24.4 Å². The Hall–Kier alpha value is -1.46. The number of aryl methyl sites for hydroxylation is 1. The first kappa shape index (κ1) is 22.7. The first-order valence-corrected chi connectivity index (χ1v) is 12.7. The van der Waals surface area contributed by atoms with Crippen molar-refractivity contribution < 1.29 is 4.74 Å². The number of H-pyrrole nitrogens is 1. The lowest BCUT2D eigenvalue weighted by molar-refractivity contribution is 0.0398. The largest absolute Gasteiger partial charge is 0.379 e. The average molecular weight is 449 g/mol. The van der Waals surface area contributed by atoms with Crippen LogP contribution in [0.5, 0.6) is 0 Å². The summed E-state index contributed by atoms with van der Waals surface area (Å²) in [5.41, 5.74) is 1.68. The summed E-state index contributed by atoms with van der Waals surface area (Å²) in [6.45, 7) is 11.4. The average Bonchev–Trinajstić information content (AvgIpc) is 3.22. The summed E-state index contributed by atoms with van der Waals surface area (Å²) >= 11 is 1.60. The number of thioether (sulfide) groups is 1. The molecule has 0 saturated carbocycles. The first-order valence-electron chi connectivity index (χ1n) is 11.5. The third-order valence-corrected chi connectivity index (χ3v) is 6.69. The Morgan fingerprint density at radius 2 is 1.74 bits per heavy atom. The van der Waals surface area contributed by atoms with Gasteiger partial charge in [0.2, 0.25) is 0 Å². The van der Waals surface area contributed by atoms with Gasteiger partial charge in [0, 0.05) is 58.8 Å². The van der Waals surface area contributed by atoms with E-state index in [2.05, 4.69) is 37.0 Å². The maximum atomic E-state index is 5.44. The Kier molecular flexibility index (Phi) is 8.37. The van der Waals surface area contributed by atoms with Crippen molar-refractivity contribution >= 4 is 28.7 Å². The Morgan fingerprint density at radius 1 is 0.968 bits per heavy atom. The number of likely N-dealkylation sites (N-methyl/N-ethyl adjacent to an activating group) is 1. The second-order valence-electron chi connectivity index (χ2n) is 8.42. The molecule has 2 aromatic rings. The van der Waals surface area contributed by atoms with E-state index in [9.17, 15) is 0 Å². The van der Waals surface area contributed by atoms with Crippen molar-refractivity contribution in [1.29, 1.82) is 0 Å². The van der Waals surface area contributed by atoms with Crippen molar-refractivity contribution in [3.63, 3.8) is 0 Å². The summed E-state index contributed by atoms with van der Waals surface area (Å²) in [6, 6.07) is 0. The van der Waals surface area contributed by atoms with E-state index in [0.717, 1.165) is 80.2 Å². The monoisotopic (exact) mass is 448 g/mol. The number of ether oxygens (including phenoxy) is 1. The molecule has 9 nitrogen and oxygen atoms in total. The predicted molar refractivity (Wildman–Crippen MR) is 126 cm³/mol. The zero-order valence-corrected chi connectivity index (χ0v) is 19.7. The minimum Gasteiger partial charge on any atom is -0.379 e. The molecule has 0 amide bonds. The minimum atomic E-state index is 0.766. The van der Waals surface area contributed by atoms with Crippen LogP contribution in [-0.2, 0) is 11.2 Å². The van der Waals surface area contributed by atoms with Crippen LogP contribution in [0.1, 0.15) is 18.7 Å².